The van der Waals surface area contributed by atoms with Crippen molar-refractivity contribution in [1.82, 2.24) is 4.57 Å². The minimum absolute atomic E-state index is 0.0763. The standard InChI is InChI=1S/C21H21FN2O4S/c1-3-28-20(26)15-6-9-17-18(13-15)29-21(24(17)10-11-27-2)23-19(25)12-14-4-7-16(22)8-5-14/h4-9,13H,3,10-12H2,1-2H3. The number of hydrogen-bond donors (Lipinski definition) is 0. The summed E-state index contributed by atoms with van der Waals surface area (Å²) in [7, 11) is 1.60. The third kappa shape index (κ3) is 5.16. The van der Waals surface area contributed by atoms with Gasteiger partial charge in [-0.05, 0) is 42.8 Å². The number of nitrogens with zero attached hydrogens (tertiary/aromatic N) is 2. The van der Waals surface area contributed by atoms with E-state index in [0.29, 0.717) is 35.7 Å². The summed E-state index contributed by atoms with van der Waals surface area (Å²) in [6.45, 7) is 3.01. The third-order valence-corrected chi connectivity index (χ3v) is 5.24. The van der Waals surface area contributed by atoms with Crippen molar-refractivity contribution < 1.29 is 23.5 Å². The van der Waals surface area contributed by atoms with Crippen LogP contribution in [0.3, 0.4) is 0 Å². The summed E-state index contributed by atoms with van der Waals surface area (Å²) in [5.74, 6) is -1.07. The number of hydrogen-bond acceptors (Lipinski definition) is 5. The van der Waals surface area contributed by atoms with E-state index in [2.05, 4.69) is 4.99 Å². The van der Waals surface area contributed by atoms with Crippen molar-refractivity contribution in [2.24, 2.45) is 4.99 Å². The lowest BCUT2D eigenvalue weighted by Crippen LogP contribution is -2.19. The normalized spacial score (nSPS) is 11.8. The van der Waals surface area contributed by atoms with Gasteiger partial charge in [-0.25, -0.2) is 9.18 Å². The zero-order valence-corrected chi connectivity index (χ0v) is 17.0. The fourth-order valence-corrected chi connectivity index (χ4v) is 3.93. The molecule has 0 aliphatic carbocycles. The predicted molar refractivity (Wildman–Crippen MR) is 108 cm³/mol. The van der Waals surface area contributed by atoms with Crippen LogP contribution in [0.5, 0.6) is 0 Å². The van der Waals surface area contributed by atoms with Gasteiger partial charge in [-0.15, -0.1) is 0 Å². The van der Waals surface area contributed by atoms with Crippen LogP contribution in [0.4, 0.5) is 4.39 Å². The average Bonchev–Trinajstić information content (AvgIpc) is 3.04. The molecule has 3 rings (SSSR count). The number of rotatable bonds is 7. The van der Waals surface area contributed by atoms with Crippen molar-refractivity contribution in [2.45, 2.75) is 19.9 Å². The molecule has 0 fully saturated rings. The smallest absolute Gasteiger partial charge is 0.338 e. The van der Waals surface area contributed by atoms with Crippen LogP contribution in [-0.4, -0.2) is 36.8 Å². The molecule has 8 heteroatoms. The lowest BCUT2D eigenvalue weighted by Gasteiger charge is -2.05. The largest absolute Gasteiger partial charge is 0.462 e. The van der Waals surface area contributed by atoms with Crippen molar-refractivity contribution in [3.8, 4) is 0 Å². The van der Waals surface area contributed by atoms with E-state index < -0.39 is 5.97 Å². The Balaban J connectivity index is 1.97. The highest BCUT2D eigenvalue weighted by Gasteiger charge is 2.13. The number of amides is 1. The zero-order valence-electron chi connectivity index (χ0n) is 16.2. The van der Waals surface area contributed by atoms with Gasteiger partial charge in [-0.2, -0.15) is 4.99 Å². The monoisotopic (exact) mass is 416 g/mol. The van der Waals surface area contributed by atoms with E-state index in [-0.39, 0.29) is 18.1 Å². The van der Waals surface area contributed by atoms with Crippen LogP contribution in [0.15, 0.2) is 47.5 Å². The van der Waals surface area contributed by atoms with E-state index in [1.807, 2.05) is 10.6 Å². The van der Waals surface area contributed by atoms with Crippen molar-refractivity contribution in [2.75, 3.05) is 20.3 Å². The van der Waals surface area contributed by atoms with Crippen molar-refractivity contribution in [3.63, 3.8) is 0 Å². The summed E-state index contributed by atoms with van der Waals surface area (Å²) < 4.78 is 26.0. The molecule has 0 unspecified atom stereocenters. The first-order valence-corrected chi connectivity index (χ1v) is 9.95. The van der Waals surface area contributed by atoms with Gasteiger partial charge in [-0.3, -0.25) is 4.79 Å². The average molecular weight is 416 g/mol. The molecule has 0 bridgehead atoms. The van der Waals surface area contributed by atoms with Crippen LogP contribution in [-0.2, 0) is 27.2 Å². The van der Waals surface area contributed by atoms with Crippen LogP contribution in [0, 0.1) is 5.82 Å². The number of carbonyl (C=O) groups excluding carboxylic acids is 2. The van der Waals surface area contributed by atoms with Gasteiger partial charge < -0.3 is 14.0 Å². The van der Waals surface area contributed by atoms with Gasteiger partial charge in [0, 0.05) is 13.7 Å². The molecule has 6 nitrogen and oxygen atoms in total. The number of thiazole rings is 1. The number of ether oxygens (including phenoxy) is 2. The summed E-state index contributed by atoms with van der Waals surface area (Å²) >= 11 is 1.32. The number of benzene rings is 2. The summed E-state index contributed by atoms with van der Waals surface area (Å²) in [6, 6.07) is 11.0. The SMILES string of the molecule is CCOC(=O)c1ccc2c(c1)sc(=NC(=O)Cc1ccc(F)cc1)n2CCOC. The number of fused-ring (bicyclic) bond motifs is 1. The second-order valence-electron chi connectivity index (χ2n) is 6.24. The molecule has 1 amide bonds. The Bertz CT molecular complexity index is 1090. The minimum Gasteiger partial charge on any atom is -0.462 e. The molecule has 1 heterocycles. The molecule has 2 aromatic carbocycles. The van der Waals surface area contributed by atoms with E-state index in [4.69, 9.17) is 9.47 Å². The van der Waals surface area contributed by atoms with Gasteiger partial charge in [0.15, 0.2) is 4.80 Å². The first kappa shape index (κ1) is 20.9. The first-order valence-electron chi connectivity index (χ1n) is 9.13. The van der Waals surface area contributed by atoms with Crippen LogP contribution >= 0.6 is 11.3 Å². The molecule has 152 valence electrons. The maximum Gasteiger partial charge on any atom is 0.338 e. The van der Waals surface area contributed by atoms with Crippen LogP contribution < -0.4 is 4.80 Å². The Kier molecular flexibility index (Phi) is 6.90. The highest BCUT2D eigenvalue weighted by Crippen LogP contribution is 2.20. The van der Waals surface area contributed by atoms with Crippen molar-refractivity contribution >= 4 is 33.4 Å². The molecule has 0 saturated heterocycles. The van der Waals surface area contributed by atoms with Crippen LogP contribution in [0.1, 0.15) is 22.8 Å². The highest BCUT2D eigenvalue weighted by atomic mass is 32.1. The van der Waals surface area contributed by atoms with Crippen molar-refractivity contribution in [3.05, 3.63) is 64.2 Å². The van der Waals surface area contributed by atoms with E-state index in [1.165, 1.54) is 23.5 Å². The molecule has 0 atom stereocenters. The lowest BCUT2D eigenvalue weighted by molar-refractivity contribution is -0.117. The second-order valence-corrected chi connectivity index (χ2v) is 7.25. The summed E-state index contributed by atoms with van der Waals surface area (Å²) in [5, 5.41) is 0. The van der Waals surface area contributed by atoms with Gasteiger partial charge in [0.2, 0.25) is 0 Å². The quantitative estimate of drug-likeness (QED) is 0.554. The van der Waals surface area contributed by atoms with Gasteiger partial charge in [0.1, 0.15) is 5.82 Å². The third-order valence-electron chi connectivity index (χ3n) is 4.20. The highest BCUT2D eigenvalue weighted by molar-refractivity contribution is 7.16. The Hall–Kier alpha value is -2.84. The molecule has 29 heavy (non-hydrogen) atoms. The molecule has 1 aromatic heterocycles. The Labute approximate surface area is 171 Å². The van der Waals surface area contributed by atoms with E-state index in [1.54, 1.807) is 38.3 Å². The molecule has 0 aliphatic rings. The molecule has 3 aromatic rings. The first-order chi connectivity index (χ1) is 14.0. The van der Waals surface area contributed by atoms with E-state index in [0.717, 1.165) is 10.2 Å². The maximum absolute atomic E-state index is 13.0. The van der Waals surface area contributed by atoms with Gasteiger partial charge >= 0.3 is 5.97 Å². The van der Waals surface area contributed by atoms with Gasteiger partial charge in [-0.1, -0.05) is 23.5 Å². The fourth-order valence-electron chi connectivity index (χ4n) is 2.82. The number of halogens is 1. The van der Waals surface area contributed by atoms with Gasteiger partial charge in [0.05, 0.1) is 35.4 Å². The minimum atomic E-state index is -0.392. The summed E-state index contributed by atoms with van der Waals surface area (Å²) in [6.07, 6.45) is 0.0763. The molecular weight excluding hydrogens is 395 g/mol. The topological polar surface area (TPSA) is 69.9 Å². The number of methoxy groups -OCH3 is 1. The summed E-state index contributed by atoms with van der Waals surface area (Å²) in [5.41, 5.74) is 1.99. The number of aromatic nitrogens is 1. The Morgan fingerprint density at radius 1 is 1.17 bits per heavy atom. The van der Waals surface area contributed by atoms with Crippen LogP contribution in [0.25, 0.3) is 10.2 Å². The van der Waals surface area contributed by atoms with Gasteiger partial charge in [0.25, 0.3) is 5.91 Å². The molecule has 0 aliphatic heterocycles. The van der Waals surface area contributed by atoms with Crippen molar-refractivity contribution in [1.29, 1.82) is 0 Å². The molecule has 0 N–H and O–H groups in total. The predicted octanol–water partition coefficient (Wildman–Crippen LogP) is 3.34. The lowest BCUT2D eigenvalue weighted by atomic mass is 10.1. The summed E-state index contributed by atoms with van der Waals surface area (Å²) in [4.78, 5) is 29.2. The zero-order chi connectivity index (χ0) is 20.8. The molecular formula is C21H21FN2O4S. The van der Waals surface area contributed by atoms with Crippen LogP contribution in [0.2, 0.25) is 0 Å². The molecule has 0 saturated carbocycles. The maximum atomic E-state index is 13.0. The number of carbonyl (C=O) groups is 2. The Morgan fingerprint density at radius 3 is 2.62 bits per heavy atom. The Morgan fingerprint density at radius 2 is 1.93 bits per heavy atom. The van der Waals surface area contributed by atoms with E-state index in [9.17, 15) is 14.0 Å². The molecule has 0 spiro atoms. The second kappa shape index (κ2) is 9.58. The molecule has 0 radical (unpaired) electrons. The fraction of sp³-hybridized carbons (Fsp3) is 0.286. The number of esters is 1. The van der Waals surface area contributed by atoms with E-state index >= 15 is 0 Å².